The summed E-state index contributed by atoms with van der Waals surface area (Å²) >= 11 is 3.46. The van der Waals surface area contributed by atoms with Gasteiger partial charge in [-0.25, -0.2) is 4.98 Å². The lowest BCUT2D eigenvalue weighted by Gasteiger charge is -2.09. The Morgan fingerprint density at radius 2 is 2.10 bits per heavy atom. The molecule has 2 heterocycles. The van der Waals surface area contributed by atoms with Gasteiger partial charge in [-0.2, -0.15) is 0 Å². The molecule has 0 fully saturated rings. The summed E-state index contributed by atoms with van der Waals surface area (Å²) in [6, 6.07) is 12.6. The number of aromatic nitrogens is 2. The first kappa shape index (κ1) is 21.7. The van der Waals surface area contributed by atoms with Crippen molar-refractivity contribution in [3.8, 4) is 5.75 Å². The van der Waals surface area contributed by atoms with Crippen molar-refractivity contribution in [3.05, 3.63) is 52.9 Å². The second-order valence-corrected chi connectivity index (χ2v) is 9.33. The number of carbonyl (C=O) groups excluding carboxylic acids is 1. The Hall–Kier alpha value is -2.51. The molecule has 0 N–H and O–H groups in total. The van der Waals surface area contributed by atoms with Gasteiger partial charge in [-0.1, -0.05) is 29.5 Å². The highest BCUT2D eigenvalue weighted by molar-refractivity contribution is 7.99. The van der Waals surface area contributed by atoms with Gasteiger partial charge < -0.3 is 14.0 Å². The minimum Gasteiger partial charge on any atom is -0.497 e. The van der Waals surface area contributed by atoms with Gasteiger partial charge >= 0.3 is 5.97 Å². The van der Waals surface area contributed by atoms with E-state index in [0.29, 0.717) is 13.0 Å². The number of thiophene rings is 1. The fourth-order valence-corrected chi connectivity index (χ4v) is 5.47. The number of carbonyl (C=O) groups is 1. The third-order valence-corrected chi connectivity index (χ3v) is 7.19. The van der Waals surface area contributed by atoms with Crippen molar-refractivity contribution in [2.45, 2.75) is 38.4 Å². The molecule has 31 heavy (non-hydrogen) atoms. The number of esters is 1. The van der Waals surface area contributed by atoms with Crippen LogP contribution in [0, 0.1) is 6.92 Å². The van der Waals surface area contributed by atoms with Crippen LogP contribution in [-0.4, -0.2) is 35.0 Å². The number of fused-ring (bicyclic) bond motifs is 2. The summed E-state index contributed by atoms with van der Waals surface area (Å²) in [5.74, 6) is 1.47. The highest BCUT2D eigenvalue weighted by Gasteiger charge is 2.15. The molecule has 0 amide bonds. The maximum absolute atomic E-state index is 11.6. The van der Waals surface area contributed by atoms with Crippen LogP contribution < -0.4 is 4.74 Å². The molecule has 0 bridgehead atoms. The zero-order chi connectivity index (χ0) is 21.8. The highest BCUT2D eigenvalue weighted by atomic mass is 32.2. The zero-order valence-electron chi connectivity index (χ0n) is 18.0. The molecule has 0 saturated heterocycles. The van der Waals surface area contributed by atoms with Crippen molar-refractivity contribution in [1.82, 2.24) is 9.55 Å². The van der Waals surface area contributed by atoms with Crippen LogP contribution in [0.3, 0.4) is 0 Å². The molecule has 4 aromatic rings. The molecule has 0 unspecified atom stereocenters. The number of imidazole rings is 1. The highest BCUT2D eigenvalue weighted by Crippen LogP contribution is 2.32. The Balaban J connectivity index is 1.62. The van der Waals surface area contributed by atoms with E-state index < -0.39 is 0 Å². The second-order valence-electron chi connectivity index (χ2n) is 7.35. The first-order chi connectivity index (χ1) is 15.1. The number of aryl methyl sites for hydroxylation is 1. The number of hydrogen-bond acceptors (Lipinski definition) is 6. The van der Waals surface area contributed by atoms with Gasteiger partial charge in [0.1, 0.15) is 5.75 Å². The minimum atomic E-state index is -0.138. The number of methoxy groups -OCH3 is 1. The Bertz CT molecular complexity index is 1210. The van der Waals surface area contributed by atoms with Gasteiger partial charge in [0.05, 0.1) is 31.3 Å². The monoisotopic (exact) mass is 454 g/mol. The topological polar surface area (TPSA) is 53.4 Å². The summed E-state index contributed by atoms with van der Waals surface area (Å²) < 4.78 is 14.0. The SMILES string of the molecule is CCOC(=O)CCCSc1nc2cc(OC)ccc2n1Cc1csc2ccc(C)cc12. The van der Waals surface area contributed by atoms with Crippen molar-refractivity contribution in [2.75, 3.05) is 19.5 Å². The maximum atomic E-state index is 11.6. The fourth-order valence-electron chi connectivity index (χ4n) is 3.58. The van der Waals surface area contributed by atoms with E-state index in [2.05, 4.69) is 41.1 Å². The van der Waals surface area contributed by atoms with Crippen molar-refractivity contribution in [3.63, 3.8) is 0 Å². The number of ether oxygens (including phenoxy) is 2. The summed E-state index contributed by atoms with van der Waals surface area (Å²) in [6.45, 7) is 5.15. The Morgan fingerprint density at radius 1 is 1.23 bits per heavy atom. The molecule has 0 aliphatic heterocycles. The molecule has 0 aliphatic carbocycles. The molecule has 7 heteroatoms. The molecule has 4 rings (SSSR count). The van der Waals surface area contributed by atoms with Gasteiger partial charge in [0.15, 0.2) is 5.16 Å². The molecular formula is C24H26N2O3S2. The smallest absolute Gasteiger partial charge is 0.305 e. The molecule has 2 aromatic carbocycles. The lowest BCUT2D eigenvalue weighted by atomic mass is 10.1. The third kappa shape index (κ3) is 4.88. The molecule has 0 radical (unpaired) electrons. The Morgan fingerprint density at radius 3 is 2.90 bits per heavy atom. The van der Waals surface area contributed by atoms with Gasteiger partial charge in [0, 0.05) is 22.9 Å². The normalized spacial score (nSPS) is 11.3. The standard InChI is InChI=1S/C24H26N2O3S2/c1-4-29-23(27)6-5-11-30-24-25-20-13-18(28-3)8-9-21(20)26(24)14-17-15-31-22-10-7-16(2)12-19(17)22/h7-10,12-13,15H,4-6,11,14H2,1-3H3. The molecule has 0 saturated carbocycles. The lowest BCUT2D eigenvalue weighted by molar-refractivity contribution is -0.143. The second kappa shape index (κ2) is 9.75. The van der Waals surface area contributed by atoms with Crippen LogP contribution >= 0.6 is 23.1 Å². The zero-order valence-corrected chi connectivity index (χ0v) is 19.6. The first-order valence-corrected chi connectivity index (χ1v) is 12.2. The number of thioether (sulfide) groups is 1. The average Bonchev–Trinajstić information content (AvgIpc) is 3.32. The van der Waals surface area contributed by atoms with E-state index in [9.17, 15) is 4.79 Å². The van der Waals surface area contributed by atoms with Crippen molar-refractivity contribution < 1.29 is 14.3 Å². The van der Waals surface area contributed by atoms with E-state index in [1.807, 2.05) is 19.1 Å². The van der Waals surface area contributed by atoms with Crippen molar-refractivity contribution in [2.24, 2.45) is 0 Å². The van der Waals surface area contributed by atoms with E-state index in [1.54, 1.807) is 30.2 Å². The maximum Gasteiger partial charge on any atom is 0.305 e. The Kier molecular flexibility index (Phi) is 6.83. The molecule has 0 atom stereocenters. The number of nitrogens with zero attached hydrogens (tertiary/aromatic N) is 2. The molecular weight excluding hydrogens is 428 g/mol. The van der Waals surface area contributed by atoms with Gasteiger partial charge in [-0.05, 0) is 54.8 Å². The fraction of sp³-hybridized carbons (Fsp3) is 0.333. The van der Waals surface area contributed by atoms with E-state index in [4.69, 9.17) is 14.5 Å². The van der Waals surface area contributed by atoms with Gasteiger partial charge in [-0.15, -0.1) is 11.3 Å². The number of hydrogen-bond donors (Lipinski definition) is 0. The number of benzene rings is 2. The van der Waals surface area contributed by atoms with Gasteiger partial charge in [0.25, 0.3) is 0 Å². The predicted molar refractivity (Wildman–Crippen MR) is 129 cm³/mol. The molecule has 0 aliphatic rings. The van der Waals surface area contributed by atoms with Crippen LogP contribution in [0.15, 0.2) is 46.9 Å². The lowest BCUT2D eigenvalue weighted by Crippen LogP contribution is -2.04. The van der Waals surface area contributed by atoms with Crippen LogP contribution in [0.2, 0.25) is 0 Å². The molecule has 162 valence electrons. The number of rotatable bonds is 9. The summed E-state index contributed by atoms with van der Waals surface area (Å²) in [5.41, 5.74) is 4.57. The van der Waals surface area contributed by atoms with Gasteiger partial charge in [-0.3, -0.25) is 4.79 Å². The summed E-state index contributed by atoms with van der Waals surface area (Å²) in [5, 5.41) is 4.51. The van der Waals surface area contributed by atoms with Crippen LogP contribution in [0.1, 0.15) is 30.9 Å². The molecule has 2 aromatic heterocycles. The third-order valence-electron chi connectivity index (χ3n) is 5.12. The first-order valence-electron chi connectivity index (χ1n) is 10.4. The quantitative estimate of drug-likeness (QED) is 0.175. The average molecular weight is 455 g/mol. The van der Waals surface area contributed by atoms with Crippen LogP contribution in [0.5, 0.6) is 5.75 Å². The van der Waals surface area contributed by atoms with Crippen LogP contribution in [0.4, 0.5) is 0 Å². The van der Waals surface area contributed by atoms with E-state index in [-0.39, 0.29) is 5.97 Å². The Labute approximate surface area is 190 Å². The largest absolute Gasteiger partial charge is 0.497 e. The summed E-state index contributed by atoms with van der Waals surface area (Å²) in [4.78, 5) is 16.5. The van der Waals surface area contributed by atoms with E-state index in [0.717, 1.165) is 40.7 Å². The van der Waals surface area contributed by atoms with Gasteiger partial charge in [0.2, 0.25) is 0 Å². The van der Waals surface area contributed by atoms with Crippen molar-refractivity contribution >= 4 is 50.2 Å². The van der Waals surface area contributed by atoms with Crippen molar-refractivity contribution in [1.29, 1.82) is 0 Å². The van der Waals surface area contributed by atoms with E-state index >= 15 is 0 Å². The minimum absolute atomic E-state index is 0.138. The predicted octanol–water partition coefficient (Wildman–Crippen LogP) is 6.05. The van der Waals surface area contributed by atoms with Crippen LogP contribution in [0.25, 0.3) is 21.1 Å². The molecule has 5 nitrogen and oxygen atoms in total. The molecule has 0 spiro atoms. The van der Waals surface area contributed by atoms with E-state index in [1.165, 1.54) is 21.2 Å². The summed E-state index contributed by atoms with van der Waals surface area (Å²) in [7, 11) is 1.67. The summed E-state index contributed by atoms with van der Waals surface area (Å²) in [6.07, 6.45) is 1.19. The van der Waals surface area contributed by atoms with Crippen LogP contribution in [-0.2, 0) is 16.1 Å².